The van der Waals surface area contributed by atoms with E-state index >= 15 is 0 Å². The van der Waals surface area contributed by atoms with Crippen LogP contribution in [0.25, 0.3) is 33.3 Å². The molecule has 1 aliphatic heterocycles. The van der Waals surface area contributed by atoms with Gasteiger partial charge in [-0.1, -0.05) is 72.8 Å². The molecule has 4 aromatic heterocycles. The molecule has 0 radical (unpaired) electrons. The highest BCUT2D eigenvalue weighted by molar-refractivity contribution is 6.17. The van der Waals surface area contributed by atoms with Crippen molar-refractivity contribution in [2.24, 2.45) is 5.92 Å². The fourth-order valence-electron chi connectivity index (χ4n) is 5.52. The first-order chi connectivity index (χ1) is 20.3. The predicted octanol–water partition coefficient (Wildman–Crippen LogP) is 7.26. The molecular weight excluding hydrogens is 530 g/mol. The van der Waals surface area contributed by atoms with Gasteiger partial charge in [0.1, 0.15) is 0 Å². The van der Waals surface area contributed by atoms with Crippen molar-refractivity contribution < 1.29 is 4.74 Å². The van der Waals surface area contributed by atoms with E-state index in [4.69, 9.17) is 16.3 Å². The summed E-state index contributed by atoms with van der Waals surface area (Å²) in [6, 6.07) is 29.3. The van der Waals surface area contributed by atoms with Gasteiger partial charge in [0, 0.05) is 42.3 Å². The summed E-state index contributed by atoms with van der Waals surface area (Å²) in [7, 11) is 0. The Bertz CT molecular complexity index is 1690. The van der Waals surface area contributed by atoms with Crippen molar-refractivity contribution in [3.8, 4) is 22.3 Å². The van der Waals surface area contributed by atoms with Crippen LogP contribution in [0.3, 0.4) is 0 Å². The maximum Gasteiger partial charge on any atom is 0.0994 e. The molecule has 6 nitrogen and oxygen atoms in total. The SMILES string of the molecule is ClCc1c(-c2ccccc2)ccc2cncn12.c1ccc(-c2ccc3cncn3c2CNCC2CCOCC2)cc1. The van der Waals surface area contributed by atoms with Crippen LogP contribution in [0, 0.1) is 5.92 Å². The summed E-state index contributed by atoms with van der Waals surface area (Å²) < 4.78 is 9.68. The molecule has 7 rings (SSSR count). The molecule has 0 unspecified atom stereocenters. The lowest BCUT2D eigenvalue weighted by atomic mass is 10.00. The smallest absolute Gasteiger partial charge is 0.0994 e. The Morgan fingerprint density at radius 1 is 0.707 bits per heavy atom. The molecule has 1 N–H and O–H groups in total. The molecule has 1 aliphatic rings. The van der Waals surface area contributed by atoms with Crippen LogP contribution in [-0.4, -0.2) is 38.5 Å². The van der Waals surface area contributed by atoms with Crippen LogP contribution >= 0.6 is 11.6 Å². The van der Waals surface area contributed by atoms with Gasteiger partial charge in [-0.15, -0.1) is 11.6 Å². The number of ether oxygens (including phenoxy) is 1. The summed E-state index contributed by atoms with van der Waals surface area (Å²) in [5.41, 5.74) is 9.40. The number of hydrogen-bond acceptors (Lipinski definition) is 4. The zero-order chi connectivity index (χ0) is 27.9. The summed E-state index contributed by atoms with van der Waals surface area (Å²) >= 11 is 6.07. The second-order valence-electron chi connectivity index (χ2n) is 10.3. The molecule has 6 aromatic rings. The number of alkyl halides is 1. The Morgan fingerprint density at radius 2 is 1.24 bits per heavy atom. The summed E-state index contributed by atoms with van der Waals surface area (Å²) in [4.78, 5) is 8.46. The third-order valence-corrected chi connectivity index (χ3v) is 7.99. The van der Waals surface area contributed by atoms with Crippen LogP contribution in [0.2, 0.25) is 0 Å². The van der Waals surface area contributed by atoms with E-state index in [0.717, 1.165) is 67.4 Å². The molecule has 0 aliphatic carbocycles. The first-order valence-corrected chi connectivity index (χ1v) is 14.7. The van der Waals surface area contributed by atoms with E-state index in [1.54, 1.807) is 6.33 Å². The van der Waals surface area contributed by atoms with Crippen molar-refractivity contribution >= 4 is 22.6 Å². The maximum absolute atomic E-state index is 6.07. The van der Waals surface area contributed by atoms with E-state index in [9.17, 15) is 0 Å². The van der Waals surface area contributed by atoms with Crippen LogP contribution in [0.5, 0.6) is 0 Å². The summed E-state index contributed by atoms with van der Waals surface area (Å²) in [5, 5.41) is 3.66. The lowest BCUT2D eigenvalue weighted by Gasteiger charge is -2.22. The van der Waals surface area contributed by atoms with E-state index in [-0.39, 0.29) is 0 Å². The van der Waals surface area contributed by atoms with Crippen molar-refractivity contribution in [1.82, 2.24) is 24.1 Å². The minimum Gasteiger partial charge on any atom is -0.381 e. The van der Waals surface area contributed by atoms with Crippen LogP contribution in [0.4, 0.5) is 0 Å². The fraction of sp³-hybridized carbons (Fsp3) is 0.235. The number of halogens is 1. The highest BCUT2D eigenvalue weighted by Gasteiger charge is 2.15. The Labute approximate surface area is 245 Å². The highest BCUT2D eigenvalue weighted by Crippen LogP contribution is 2.27. The zero-order valence-electron chi connectivity index (χ0n) is 23.0. The van der Waals surface area contributed by atoms with Gasteiger partial charge in [0.05, 0.1) is 42.0 Å². The number of fused-ring (bicyclic) bond motifs is 2. The van der Waals surface area contributed by atoms with Crippen molar-refractivity contribution in [1.29, 1.82) is 0 Å². The van der Waals surface area contributed by atoms with E-state index in [1.165, 1.54) is 22.4 Å². The average molecular weight is 564 g/mol. The Morgan fingerprint density at radius 3 is 1.80 bits per heavy atom. The third kappa shape index (κ3) is 6.20. The number of nitrogens with zero attached hydrogens (tertiary/aromatic N) is 4. The molecule has 0 amide bonds. The predicted molar refractivity (Wildman–Crippen MR) is 166 cm³/mol. The third-order valence-electron chi connectivity index (χ3n) is 7.74. The van der Waals surface area contributed by atoms with Crippen molar-refractivity contribution in [3.05, 3.63) is 121 Å². The van der Waals surface area contributed by atoms with Crippen molar-refractivity contribution in [2.75, 3.05) is 19.8 Å². The Kier molecular flexibility index (Phi) is 8.71. The molecule has 0 saturated carbocycles. The van der Waals surface area contributed by atoms with Crippen LogP contribution in [0.15, 0.2) is 110 Å². The fourth-order valence-corrected chi connectivity index (χ4v) is 5.79. The van der Waals surface area contributed by atoms with Gasteiger partial charge in [0.2, 0.25) is 0 Å². The lowest BCUT2D eigenvalue weighted by molar-refractivity contribution is 0.0662. The largest absolute Gasteiger partial charge is 0.381 e. The molecule has 0 bridgehead atoms. The molecule has 5 heterocycles. The number of hydrogen-bond donors (Lipinski definition) is 1. The van der Waals surface area contributed by atoms with E-state index in [1.807, 2.05) is 41.3 Å². The van der Waals surface area contributed by atoms with Crippen LogP contribution in [0.1, 0.15) is 24.2 Å². The molecule has 2 aromatic carbocycles. The van der Waals surface area contributed by atoms with Gasteiger partial charge in [0.15, 0.2) is 0 Å². The summed E-state index contributed by atoms with van der Waals surface area (Å²) in [6.45, 7) is 3.69. The number of imidazole rings is 2. The standard InChI is InChI=1S/C20H23N3O.C14H11ClN2/c1-2-4-17(5-3-1)19-7-6-18-13-22-15-23(18)20(19)14-21-12-16-8-10-24-11-9-16;15-8-14-13(11-4-2-1-3-5-11)7-6-12-9-16-10-17(12)14/h1-7,13,15-16,21H,8-12,14H2;1-7,9-10H,8H2. The molecule has 41 heavy (non-hydrogen) atoms. The Hall–Kier alpha value is -3.97. The van der Waals surface area contributed by atoms with Gasteiger partial charge in [-0.25, -0.2) is 9.97 Å². The molecule has 7 heteroatoms. The zero-order valence-corrected chi connectivity index (χ0v) is 23.8. The second-order valence-corrected chi connectivity index (χ2v) is 10.6. The number of aromatic nitrogens is 4. The van der Waals surface area contributed by atoms with E-state index in [2.05, 4.69) is 86.4 Å². The molecule has 1 fully saturated rings. The van der Waals surface area contributed by atoms with Gasteiger partial charge in [-0.3, -0.25) is 0 Å². The quantitative estimate of drug-likeness (QED) is 0.208. The highest BCUT2D eigenvalue weighted by atomic mass is 35.5. The van der Waals surface area contributed by atoms with Crippen LogP contribution < -0.4 is 5.32 Å². The second kappa shape index (κ2) is 13.1. The number of pyridine rings is 2. The lowest BCUT2D eigenvalue weighted by Crippen LogP contribution is -2.28. The first kappa shape index (κ1) is 27.2. The summed E-state index contributed by atoms with van der Waals surface area (Å²) in [6.07, 6.45) is 9.79. The molecule has 0 atom stereocenters. The van der Waals surface area contributed by atoms with Gasteiger partial charge >= 0.3 is 0 Å². The molecule has 1 saturated heterocycles. The van der Waals surface area contributed by atoms with E-state index in [0.29, 0.717) is 5.88 Å². The number of rotatable bonds is 7. The van der Waals surface area contributed by atoms with Gasteiger partial charge in [-0.2, -0.15) is 0 Å². The summed E-state index contributed by atoms with van der Waals surface area (Å²) in [5.74, 6) is 1.19. The monoisotopic (exact) mass is 563 g/mol. The minimum absolute atomic E-state index is 0.470. The topological polar surface area (TPSA) is 55.9 Å². The number of benzene rings is 2. The normalized spacial score (nSPS) is 13.8. The molecule has 0 spiro atoms. The van der Waals surface area contributed by atoms with Gasteiger partial charge in [-0.05, 0) is 48.6 Å². The first-order valence-electron chi connectivity index (χ1n) is 14.1. The maximum atomic E-state index is 6.07. The average Bonchev–Trinajstić information content (AvgIpc) is 3.73. The van der Waals surface area contributed by atoms with Crippen molar-refractivity contribution in [2.45, 2.75) is 25.3 Å². The minimum atomic E-state index is 0.470. The van der Waals surface area contributed by atoms with Crippen LogP contribution in [-0.2, 0) is 17.2 Å². The van der Waals surface area contributed by atoms with Crippen molar-refractivity contribution in [3.63, 3.8) is 0 Å². The number of nitrogens with one attached hydrogen (secondary N) is 1. The Balaban J connectivity index is 0.000000156. The van der Waals surface area contributed by atoms with E-state index < -0.39 is 0 Å². The molecule has 208 valence electrons. The molecular formula is C34H34ClN5O. The van der Waals surface area contributed by atoms with Gasteiger partial charge < -0.3 is 18.9 Å². The van der Waals surface area contributed by atoms with Gasteiger partial charge in [0.25, 0.3) is 0 Å².